The quantitative estimate of drug-likeness (QED) is 0.739. The standard InChI is InChI=1S/C17H17N3O2S3/c1-11-6-13-7-15(25(18,21)22)2-3-16(13)20(11)8-14-10-24-17(19-14)12-4-5-23-9-12/h2-5,7,9-11H,6,8H2,1H3,(H2,18,21,22)/t11-/m1/s1. The maximum Gasteiger partial charge on any atom is 0.238 e. The van der Waals surface area contributed by atoms with E-state index < -0.39 is 10.0 Å². The van der Waals surface area contributed by atoms with E-state index in [1.807, 2.05) is 6.07 Å². The molecule has 1 aliphatic heterocycles. The van der Waals surface area contributed by atoms with Crippen molar-refractivity contribution in [3.63, 3.8) is 0 Å². The number of hydrogen-bond acceptors (Lipinski definition) is 6. The molecule has 2 aromatic heterocycles. The van der Waals surface area contributed by atoms with Gasteiger partial charge < -0.3 is 4.90 Å². The van der Waals surface area contributed by atoms with Crippen molar-refractivity contribution in [2.45, 2.75) is 30.8 Å². The van der Waals surface area contributed by atoms with Crippen LogP contribution in [0.1, 0.15) is 18.2 Å². The number of thiophene rings is 1. The summed E-state index contributed by atoms with van der Waals surface area (Å²) < 4.78 is 23.1. The van der Waals surface area contributed by atoms with Gasteiger partial charge in [-0.05, 0) is 48.6 Å². The van der Waals surface area contributed by atoms with E-state index in [0.29, 0.717) is 6.54 Å². The van der Waals surface area contributed by atoms with E-state index in [1.54, 1.807) is 34.8 Å². The van der Waals surface area contributed by atoms with Crippen molar-refractivity contribution in [3.8, 4) is 10.6 Å². The number of nitrogens with zero attached hydrogens (tertiary/aromatic N) is 2. The molecule has 0 amide bonds. The van der Waals surface area contributed by atoms with Crippen LogP contribution < -0.4 is 10.0 Å². The first-order chi connectivity index (χ1) is 11.9. The molecular formula is C17H17N3O2S3. The van der Waals surface area contributed by atoms with Crippen molar-refractivity contribution in [3.05, 3.63) is 51.7 Å². The zero-order valence-corrected chi connectivity index (χ0v) is 16.0. The summed E-state index contributed by atoms with van der Waals surface area (Å²) in [5.41, 5.74) is 4.27. The average molecular weight is 392 g/mol. The van der Waals surface area contributed by atoms with E-state index in [9.17, 15) is 8.42 Å². The van der Waals surface area contributed by atoms with Crippen LogP contribution in [0.4, 0.5) is 5.69 Å². The van der Waals surface area contributed by atoms with Gasteiger partial charge in [0.2, 0.25) is 10.0 Å². The zero-order chi connectivity index (χ0) is 17.6. The number of fused-ring (bicyclic) bond motifs is 1. The van der Waals surface area contributed by atoms with Gasteiger partial charge in [-0.1, -0.05) is 0 Å². The van der Waals surface area contributed by atoms with E-state index in [4.69, 9.17) is 10.1 Å². The van der Waals surface area contributed by atoms with Crippen LogP contribution in [0.25, 0.3) is 10.6 Å². The van der Waals surface area contributed by atoms with Gasteiger partial charge in [-0.3, -0.25) is 0 Å². The Kier molecular flexibility index (Phi) is 4.15. The summed E-state index contributed by atoms with van der Waals surface area (Å²) in [5.74, 6) is 0. The minimum absolute atomic E-state index is 0.175. The van der Waals surface area contributed by atoms with Gasteiger partial charge in [-0.15, -0.1) is 11.3 Å². The molecule has 8 heteroatoms. The van der Waals surface area contributed by atoms with Crippen molar-refractivity contribution in [1.29, 1.82) is 0 Å². The van der Waals surface area contributed by atoms with E-state index in [1.165, 1.54) is 0 Å². The normalized spacial score (nSPS) is 17.0. The number of anilines is 1. The second-order valence-electron chi connectivity index (χ2n) is 6.17. The lowest BCUT2D eigenvalue weighted by atomic mass is 10.1. The third-order valence-electron chi connectivity index (χ3n) is 4.39. The summed E-state index contributed by atoms with van der Waals surface area (Å²) in [6.07, 6.45) is 0.806. The number of benzene rings is 1. The molecule has 4 rings (SSSR count). The van der Waals surface area contributed by atoms with Crippen molar-refractivity contribution in [2.24, 2.45) is 5.14 Å². The SMILES string of the molecule is C[C@@H]1Cc2cc(S(N)(=O)=O)ccc2N1Cc1csc(-c2ccsc2)n1. The van der Waals surface area contributed by atoms with Crippen molar-refractivity contribution in [2.75, 3.05) is 4.90 Å². The second-order valence-corrected chi connectivity index (χ2v) is 9.37. The van der Waals surface area contributed by atoms with Gasteiger partial charge in [0.25, 0.3) is 0 Å². The number of sulfonamides is 1. The van der Waals surface area contributed by atoms with Gasteiger partial charge in [0.1, 0.15) is 5.01 Å². The van der Waals surface area contributed by atoms with E-state index in [2.05, 4.69) is 34.0 Å². The fourth-order valence-corrected chi connectivity index (χ4v) is 5.25. The Bertz CT molecular complexity index is 1010. The Morgan fingerprint density at radius 1 is 1.32 bits per heavy atom. The van der Waals surface area contributed by atoms with Crippen LogP contribution >= 0.6 is 22.7 Å². The molecule has 0 saturated heterocycles. The van der Waals surface area contributed by atoms with Gasteiger partial charge in [-0.25, -0.2) is 18.5 Å². The molecule has 2 N–H and O–H groups in total. The highest BCUT2D eigenvalue weighted by Gasteiger charge is 2.27. The Morgan fingerprint density at radius 2 is 2.16 bits per heavy atom. The Labute approximate surface area is 154 Å². The summed E-state index contributed by atoms with van der Waals surface area (Å²) in [4.78, 5) is 7.20. The fraction of sp³-hybridized carbons (Fsp3) is 0.235. The molecule has 0 spiro atoms. The van der Waals surface area contributed by atoms with Crippen molar-refractivity contribution < 1.29 is 8.42 Å². The van der Waals surface area contributed by atoms with Gasteiger partial charge in [0, 0.05) is 28.1 Å². The van der Waals surface area contributed by atoms with Crippen molar-refractivity contribution in [1.82, 2.24) is 4.98 Å². The lowest BCUT2D eigenvalue weighted by Gasteiger charge is -2.24. The summed E-state index contributed by atoms with van der Waals surface area (Å²) in [6, 6.07) is 7.49. The summed E-state index contributed by atoms with van der Waals surface area (Å²) >= 11 is 3.32. The van der Waals surface area contributed by atoms with Crippen LogP contribution in [-0.2, 0) is 23.0 Å². The topological polar surface area (TPSA) is 76.3 Å². The molecule has 5 nitrogen and oxygen atoms in total. The fourth-order valence-electron chi connectivity index (χ4n) is 3.16. The van der Waals surface area contributed by atoms with Crippen LogP contribution in [0.5, 0.6) is 0 Å². The zero-order valence-electron chi connectivity index (χ0n) is 13.5. The van der Waals surface area contributed by atoms with Crippen LogP contribution in [0, 0.1) is 0 Å². The summed E-state index contributed by atoms with van der Waals surface area (Å²) in [5, 5.41) is 12.5. The molecule has 130 valence electrons. The van der Waals surface area contributed by atoms with Crippen LogP contribution in [-0.4, -0.2) is 19.4 Å². The largest absolute Gasteiger partial charge is 0.362 e. The number of primary sulfonamides is 1. The molecular weight excluding hydrogens is 374 g/mol. The van der Waals surface area contributed by atoms with E-state index in [0.717, 1.165) is 33.9 Å². The van der Waals surface area contributed by atoms with Crippen LogP contribution in [0.3, 0.4) is 0 Å². The first kappa shape index (κ1) is 16.7. The maximum absolute atomic E-state index is 11.6. The molecule has 0 radical (unpaired) electrons. The molecule has 0 bridgehead atoms. The molecule has 0 saturated carbocycles. The smallest absolute Gasteiger partial charge is 0.238 e. The van der Waals surface area contributed by atoms with Gasteiger partial charge >= 0.3 is 0 Å². The number of aromatic nitrogens is 1. The molecule has 3 aromatic rings. The molecule has 3 heterocycles. The molecule has 1 atom stereocenters. The lowest BCUT2D eigenvalue weighted by Crippen LogP contribution is -2.28. The predicted octanol–water partition coefficient (Wildman–Crippen LogP) is 3.47. The number of hydrogen-bond donors (Lipinski definition) is 1. The number of rotatable bonds is 4. The van der Waals surface area contributed by atoms with Gasteiger partial charge in [0.05, 0.1) is 17.1 Å². The molecule has 0 fully saturated rings. The minimum atomic E-state index is -3.67. The van der Waals surface area contributed by atoms with Crippen LogP contribution in [0.15, 0.2) is 45.3 Å². The Hall–Kier alpha value is -1.74. The monoisotopic (exact) mass is 391 g/mol. The summed E-state index contributed by atoms with van der Waals surface area (Å²) in [7, 11) is -3.67. The number of thiazole rings is 1. The first-order valence-electron chi connectivity index (χ1n) is 7.81. The highest BCUT2D eigenvalue weighted by Crippen LogP contribution is 2.35. The maximum atomic E-state index is 11.6. The average Bonchev–Trinajstić information content (AvgIpc) is 3.27. The molecule has 1 aliphatic rings. The molecule has 25 heavy (non-hydrogen) atoms. The predicted molar refractivity (Wildman–Crippen MR) is 103 cm³/mol. The van der Waals surface area contributed by atoms with Crippen molar-refractivity contribution >= 4 is 38.4 Å². The second kappa shape index (κ2) is 6.21. The third-order valence-corrected chi connectivity index (χ3v) is 6.92. The third kappa shape index (κ3) is 3.22. The molecule has 0 unspecified atom stereocenters. The van der Waals surface area contributed by atoms with Gasteiger partial charge in [-0.2, -0.15) is 11.3 Å². The minimum Gasteiger partial charge on any atom is -0.362 e. The Morgan fingerprint density at radius 3 is 2.88 bits per heavy atom. The number of nitrogens with two attached hydrogens (primary N) is 1. The molecule has 1 aromatic carbocycles. The highest BCUT2D eigenvalue weighted by molar-refractivity contribution is 7.89. The molecule has 0 aliphatic carbocycles. The lowest BCUT2D eigenvalue weighted by molar-refractivity contribution is 0.597. The van der Waals surface area contributed by atoms with E-state index >= 15 is 0 Å². The Balaban J connectivity index is 1.60. The van der Waals surface area contributed by atoms with Gasteiger partial charge in [0.15, 0.2) is 0 Å². The highest BCUT2D eigenvalue weighted by atomic mass is 32.2. The van der Waals surface area contributed by atoms with E-state index in [-0.39, 0.29) is 10.9 Å². The first-order valence-corrected chi connectivity index (χ1v) is 11.2. The summed E-state index contributed by atoms with van der Waals surface area (Å²) in [6.45, 7) is 2.85. The van der Waals surface area contributed by atoms with Crippen LogP contribution in [0.2, 0.25) is 0 Å².